The van der Waals surface area contributed by atoms with E-state index in [0.29, 0.717) is 40.9 Å². The van der Waals surface area contributed by atoms with E-state index >= 15 is 0 Å². The molecule has 1 aliphatic carbocycles. The number of ether oxygens (including phenoxy) is 2. The Morgan fingerprint density at radius 3 is 2.49 bits per heavy atom. The number of benzene rings is 4. The molecule has 3 heterocycles. The van der Waals surface area contributed by atoms with Crippen molar-refractivity contribution in [2.24, 2.45) is 4.99 Å². The van der Waals surface area contributed by atoms with Crippen molar-refractivity contribution in [2.75, 3.05) is 4.90 Å². The summed E-state index contributed by atoms with van der Waals surface area (Å²) in [4.78, 5) is 12.1. The van der Waals surface area contributed by atoms with Gasteiger partial charge in [-0.3, -0.25) is 4.99 Å². The topological polar surface area (TPSA) is 47.0 Å². The fraction of sp³-hybridized carbons (Fsp3) is 0.333. The van der Waals surface area contributed by atoms with E-state index in [2.05, 4.69) is 106 Å². The number of aryl methyl sites for hydroxylation is 4. The zero-order valence-corrected chi connectivity index (χ0v) is 33.0. The molecule has 0 saturated heterocycles. The second-order valence-electron chi connectivity index (χ2n) is 15.2. The number of nitrogens with zero attached hydrogens (tertiary/aromatic N) is 3. The number of pyridine rings is 1. The summed E-state index contributed by atoms with van der Waals surface area (Å²) in [6, 6.07) is 30.2. The average molecular weight is 857 g/mol. The van der Waals surface area contributed by atoms with Gasteiger partial charge in [0.05, 0.1) is 5.54 Å². The fourth-order valence-electron chi connectivity index (χ4n) is 7.89. The molecule has 0 unspecified atom stereocenters. The minimum Gasteiger partial charge on any atom is -0.514 e. The number of aromatic nitrogens is 1. The van der Waals surface area contributed by atoms with E-state index in [1.165, 1.54) is 11.1 Å². The molecule has 0 N–H and O–H groups in total. The van der Waals surface area contributed by atoms with E-state index in [4.69, 9.17) is 19.5 Å². The maximum Gasteiger partial charge on any atom is 2.00 e. The predicted molar refractivity (Wildman–Crippen MR) is 202 cm³/mol. The molecule has 3 aliphatic rings. The molecular weight excluding hydrogens is 810 g/mol. The summed E-state index contributed by atoms with van der Waals surface area (Å²) < 4.78 is 31.9. The Morgan fingerprint density at radius 1 is 0.922 bits per heavy atom. The third-order valence-corrected chi connectivity index (χ3v) is 10.7. The third kappa shape index (κ3) is 5.92. The van der Waals surface area contributed by atoms with Crippen molar-refractivity contribution >= 4 is 23.1 Å². The van der Waals surface area contributed by atoms with Crippen LogP contribution in [0.5, 0.6) is 11.5 Å². The van der Waals surface area contributed by atoms with E-state index in [1.807, 2.05) is 46.0 Å². The molecule has 0 spiro atoms. The number of hydrogen-bond acceptors (Lipinski definition) is 5. The molecule has 5 nitrogen and oxygen atoms in total. The van der Waals surface area contributed by atoms with Gasteiger partial charge in [0.25, 0.3) is 0 Å². The van der Waals surface area contributed by atoms with Gasteiger partial charge in [0.2, 0.25) is 0 Å². The molecule has 0 bridgehead atoms. The first-order chi connectivity index (χ1) is 24.6. The van der Waals surface area contributed by atoms with E-state index in [-0.39, 0.29) is 26.5 Å². The van der Waals surface area contributed by atoms with Crippen molar-refractivity contribution in [3.8, 4) is 11.5 Å². The van der Waals surface area contributed by atoms with Crippen LogP contribution in [0, 0.1) is 39.8 Å². The second kappa shape index (κ2) is 12.8. The first kappa shape index (κ1) is 32.7. The van der Waals surface area contributed by atoms with Gasteiger partial charge in [0.15, 0.2) is 0 Å². The molecule has 2 aliphatic heterocycles. The van der Waals surface area contributed by atoms with E-state index in [9.17, 15) is 2.74 Å². The van der Waals surface area contributed by atoms with Gasteiger partial charge in [-0.25, -0.2) is 4.98 Å². The molecule has 6 heteroatoms. The molecule has 4 aromatic carbocycles. The fourth-order valence-corrected chi connectivity index (χ4v) is 7.89. The maximum absolute atomic E-state index is 9.35. The summed E-state index contributed by atoms with van der Waals surface area (Å²) in [5.74, 6) is 2.69. The first-order valence-electron chi connectivity index (χ1n) is 18.6. The summed E-state index contributed by atoms with van der Waals surface area (Å²) in [5, 5.41) is 0. The number of aliphatic imine (C=N–C) groups is 1. The Labute approximate surface area is 320 Å². The van der Waals surface area contributed by atoms with Gasteiger partial charge in [-0.2, -0.15) is 6.07 Å². The molecule has 0 radical (unpaired) electrons. The van der Waals surface area contributed by atoms with Crippen molar-refractivity contribution in [3.05, 3.63) is 141 Å². The SMILES string of the molecule is [2H]C1([2H])c2cc(C)cc(C)c2C[C@@H]2OC(c3[c-]c(Oc4[c-]c5c(cc4)C(C)(C)c4ccccc4N5c4cc(C(C)C)ccn4)c(C)cc3C)=N[C@]21C.[Pt+2]. The van der Waals surface area contributed by atoms with Crippen molar-refractivity contribution < 1.29 is 33.3 Å². The van der Waals surface area contributed by atoms with Crippen LogP contribution >= 0.6 is 0 Å². The van der Waals surface area contributed by atoms with Crippen LogP contribution in [-0.2, 0) is 44.0 Å². The summed E-state index contributed by atoms with van der Waals surface area (Å²) in [7, 11) is 0. The number of hydrogen-bond donors (Lipinski definition) is 0. The molecule has 0 saturated carbocycles. The summed E-state index contributed by atoms with van der Waals surface area (Å²) in [5.41, 5.74) is 10.5. The summed E-state index contributed by atoms with van der Waals surface area (Å²) >= 11 is 0. The minimum absolute atomic E-state index is 0. The van der Waals surface area contributed by atoms with Crippen LogP contribution in [0.1, 0.15) is 98.9 Å². The molecule has 51 heavy (non-hydrogen) atoms. The molecule has 5 aromatic rings. The average Bonchev–Trinajstić information content (AvgIpc) is 3.44. The number of fused-ring (bicyclic) bond motifs is 4. The standard InChI is InChI=1S/C45H45N3O2.Pt/c1-26(2)31-16-17-46-42(21-31)48-38-13-11-10-12-36(38)44(7,8)37-15-14-33(22-39(37)48)49-40-23-35(29(5)20-30(40)6)43-47-45(9)25-32-19-27(3)18-28(4)34(32)24-41(45)50-43;/h10-21,26,41H,24-25H2,1-9H3;/q-2;+2/t41-,45-;/m0./s1/i25D2;. The quantitative estimate of drug-likeness (QED) is 0.165. The zero-order valence-electron chi connectivity index (χ0n) is 32.8. The van der Waals surface area contributed by atoms with E-state index in [0.717, 1.165) is 50.6 Å². The van der Waals surface area contributed by atoms with Crippen LogP contribution < -0.4 is 9.64 Å². The van der Waals surface area contributed by atoms with Gasteiger partial charge in [-0.15, -0.1) is 29.3 Å². The van der Waals surface area contributed by atoms with E-state index < -0.39 is 18.0 Å². The van der Waals surface area contributed by atoms with Crippen LogP contribution in [0.3, 0.4) is 0 Å². The van der Waals surface area contributed by atoms with Crippen LogP contribution in [0.4, 0.5) is 17.2 Å². The monoisotopic (exact) mass is 856 g/mol. The Balaban J connectivity index is 0.00000435. The van der Waals surface area contributed by atoms with Gasteiger partial charge >= 0.3 is 21.1 Å². The number of para-hydroxylation sites is 1. The van der Waals surface area contributed by atoms with Crippen LogP contribution in [0.2, 0.25) is 0 Å². The van der Waals surface area contributed by atoms with Crippen LogP contribution in [0.15, 0.2) is 77.9 Å². The van der Waals surface area contributed by atoms with Crippen molar-refractivity contribution in [3.63, 3.8) is 0 Å². The van der Waals surface area contributed by atoms with Gasteiger partial charge in [0.1, 0.15) is 17.8 Å². The van der Waals surface area contributed by atoms with Gasteiger partial charge in [-0.05, 0) is 78.1 Å². The van der Waals surface area contributed by atoms with Gasteiger partial charge in [-0.1, -0.05) is 100 Å². The zero-order chi connectivity index (χ0) is 36.9. The minimum atomic E-state index is -1.72. The Kier molecular flexibility index (Phi) is 8.19. The Hall–Kier alpha value is -4.21. The predicted octanol–water partition coefficient (Wildman–Crippen LogP) is 10.6. The smallest absolute Gasteiger partial charge is 0.514 e. The van der Waals surface area contributed by atoms with Gasteiger partial charge < -0.3 is 14.4 Å². The largest absolute Gasteiger partial charge is 2.00 e. The normalized spacial score (nSPS) is 21.2. The molecule has 262 valence electrons. The Bertz CT molecular complexity index is 2320. The van der Waals surface area contributed by atoms with Crippen molar-refractivity contribution in [1.82, 2.24) is 4.98 Å². The summed E-state index contributed by atoms with van der Waals surface area (Å²) in [6.07, 6.45) is 0.310. The molecule has 1 aromatic heterocycles. The van der Waals surface area contributed by atoms with E-state index in [1.54, 1.807) is 0 Å². The summed E-state index contributed by atoms with van der Waals surface area (Å²) in [6.45, 7) is 18.9. The van der Waals surface area contributed by atoms with Crippen molar-refractivity contribution in [1.29, 1.82) is 0 Å². The second-order valence-corrected chi connectivity index (χ2v) is 15.2. The first-order valence-corrected chi connectivity index (χ1v) is 17.6. The number of rotatable bonds is 5. The molecule has 2 atom stereocenters. The third-order valence-electron chi connectivity index (χ3n) is 10.7. The molecular formula is C45H45N3O2Pt. The van der Waals surface area contributed by atoms with Crippen molar-refractivity contribution in [2.45, 2.75) is 98.1 Å². The molecule has 0 amide bonds. The van der Waals surface area contributed by atoms with Crippen LogP contribution in [0.25, 0.3) is 0 Å². The molecule has 8 rings (SSSR count). The molecule has 0 fully saturated rings. The van der Waals surface area contributed by atoms with Crippen LogP contribution in [-0.4, -0.2) is 22.5 Å². The van der Waals surface area contributed by atoms with Gasteiger partial charge in [0, 0.05) is 38.9 Å². The maximum atomic E-state index is 9.35. The number of anilines is 3. The Morgan fingerprint density at radius 2 is 1.71 bits per heavy atom.